The fourth-order valence-corrected chi connectivity index (χ4v) is 3.83. The molecular formula is C17H15NO6. The predicted molar refractivity (Wildman–Crippen MR) is 81.1 cm³/mol. The first kappa shape index (κ1) is 15.0. The lowest BCUT2D eigenvalue weighted by Gasteiger charge is -2.26. The molecule has 2 fully saturated rings. The number of hydrogen-bond acceptors (Lipinski definition) is 6. The number of hydrogen-bond donors (Lipinski definition) is 1. The quantitative estimate of drug-likeness (QED) is 0.486. The number of rotatable bonds is 3. The van der Waals surface area contributed by atoms with Crippen LogP contribution in [0.15, 0.2) is 36.4 Å². The van der Waals surface area contributed by atoms with Crippen LogP contribution < -0.4 is 4.90 Å². The molecule has 3 aliphatic heterocycles. The molecule has 2 amide bonds. The Bertz CT molecular complexity index is 787. The maximum Gasteiger partial charge on any atom is 0.337 e. The van der Waals surface area contributed by atoms with Gasteiger partial charge in [0.25, 0.3) is 0 Å². The number of aliphatic hydroxyl groups is 1. The zero-order valence-electron chi connectivity index (χ0n) is 12.8. The van der Waals surface area contributed by atoms with Gasteiger partial charge in [-0.15, -0.1) is 0 Å². The summed E-state index contributed by atoms with van der Waals surface area (Å²) in [4.78, 5) is 38.4. The summed E-state index contributed by atoms with van der Waals surface area (Å²) in [5.41, 5.74) is -0.562. The van der Waals surface area contributed by atoms with Crippen LogP contribution in [0, 0.1) is 11.8 Å². The Kier molecular flexibility index (Phi) is 3.13. The minimum absolute atomic E-state index is 0.252. The molecule has 0 saturated carbocycles. The third-order valence-electron chi connectivity index (χ3n) is 4.93. The van der Waals surface area contributed by atoms with Crippen LogP contribution in [0.1, 0.15) is 10.4 Å². The molecular weight excluding hydrogens is 314 g/mol. The molecule has 2 saturated heterocycles. The summed E-state index contributed by atoms with van der Waals surface area (Å²) < 4.78 is 10.3. The van der Waals surface area contributed by atoms with Gasteiger partial charge in [-0.25, -0.2) is 9.69 Å². The minimum atomic E-state index is -1.13. The zero-order valence-corrected chi connectivity index (χ0v) is 12.8. The lowest BCUT2D eigenvalue weighted by atomic mass is 9.77. The minimum Gasteiger partial charge on any atom is -0.465 e. The van der Waals surface area contributed by atoms with E-state index in [0.29, 0.717) is 5.69 Å². The van der Waals surface area contributed by atoms with E-state index >= 15 is 0 Å². The van der Waals surface area contributed by atoms with E-state index in [2.05, 4.69) is 4.74 Å². The van der Waals surface area contributed by atoms with Gasteiger partial charge in [0, 0.05) is 0 Å². The fraction of sp³-hybridized carbons (Fsp3) is 0.353. The van der Waals surface area contributed by atoms with Crippen molar-refractivity contribution in [3.63, 3.8) is 0 Å². The Morgan fingerprint density at radius 2 is 2.17 bits per heavy atom. The highest BCUT2D eigenvalue weighted by Gasteiger charge is 2.67. The molecule has 0 spiro atoms. The highest BCUT2D eigenvalue weighted by molar-refractivity contribution is 6.23. The summed E-state index contributed by atoms with van der Waals surface area (Å²) >= 11 is 0. The molecule has 0 aliphatic carbocycles. The first-order chi connectivity index (χ1) is 11.5. The van der Waals surface area contributed by atoms with Crippen molar-refractivity contribution >= 4 is 23.5 Å². The van der Waals surface area contributed by atoms with E-state index in [-0.39, 0.29) is 18.1 Å². The van der Waals surface area contributed by atoms with Crippen molar-refractivity contribution in [2.45, 2.75) is 11.7 Å². The van der Waals surface area contributed by atoms with Gasteiger partial charge in [0.1, 0.15) is 5.60 Å². The SMILES string of the molecule is COC(=O)c1cccc(N2C(=O)[C@@H]3[C@@H](C2=O)[C@@]2(CO)C=C[C@H]3O2)c1. The molecule has 3 aliphatic rings. The van der Waals surface area contributed by atoms with Gasteiger partial charge in [-0.05, 0) is 18.2 Å². The van der Waals surface area contributed by atoms with E-state index in [1.165, 1.54) is 13.2 Å². The van der Waals surface area contributed by atoms with Gasteiger partial charge in [-0.1, -0.05) is 18.2 Å². The summed E-state index contributed by atoms with van der Waals surface area (Å²) in [5.74, 6) is -2.74. The van der Waals surface area contributed by atoms with Gasteiger partial charge in [-0.2, -0.15) is 0 Å². The van der Waals surface area contributed by atoms with Crippen molar-refractivity contribution < 1.29 is 29.0 Å². The summed E-state index contributed by atoms with van der Waals surface area (Å²) in [5, 5.41) is 9.68. The predicted octanol–water partition coefficient (Wildman–Crippen LogP) is 0.278. The van der Waals surface area contributed by atoms with E-state index in [4.69, 9.17) is 4.74 Å². The smallest absolute Gasteiger partial charge is 0.337 e. The lowest BCUT2D eigenvalue weighted by Crippen LogP contribution is -2.43. The molecule has 0 aromatic heterocycles. The number of carbonyl (C=O) groups excluding carboxylic acids is 3. The molecule has 0 unspecified atom stereocenters. The average Bonchev–Trinajstić information content (AvgIpc) is 3.25. The molecule has 1 aromatic carbocycles. The monoisotopic (exact) mass is 329 g/mol. The number of benzene rings is 1. The number of anilines is 1. The Labute approximate surface area is 137 Å². The van der Waals surface area contributed by atoms with E-state index in [1.807, 2.05) is 0 Å². The van der Waals surface area contributed by atoms with Crippen LogP contribution in [-0.4, -0.2) is 48.3 Å². The lowest BCUT2D eigenvalue weighted by molar-refractivity contribution is -0.128. The number of aliphatic hydroxyl groups excluding tert-OH is 1. The Morgan fingerprint density at radius 3 is 2.88 bits per heavy atom. The van der Waals surface area contributed by atoms with Crippen LogP contribution in [0.3, 0.4) is 0 Å². The molecule has 3 heterocycles. The molecule has 4 atom stereocenters. The number of imide groups is 1. The van der Waals surface area contributed by atoms with Crippen molar-refractivity contribution in [3.8, 4) is 0 Å². The van der Waals surface area contributed by atoms with E-state index in [1.54, 1.807) is 30.4 Å². The van der Waals surface area contributed by atoms with Crippen LogP contribution in [-0.2, 0) is 19.1 Å². The van der Waals surface area contributed by atoms with Crippen molar-refractivity contribution in [1.82, 2.24) is 0 Å². The molecule has 124 valence electrons. The van der Waals surface area contributed by atoms with Crippen LogP contribution in [0.2, 0.25) is 0 Å². The second kappa shape index (κ2) is 4.99. The highest BCUT2D eigenvalue weighted by Crippen LogP contribution is 2.52. The fourth-order valence-electron chi connectivity index (χ4n) is 3.83. The van der Waals surface area contributed by atoms with Crippen molar-refractivity contribution in [2.75, 3.05) is 18.6 Å². The molecule has 4 rings (SSSR count). The Hall–Kier alpha value is -2.51. The number of ether oxygens (including phenoxy) is 2. The second-order valence-corrected chi connectivity index (χ2v) is 6.11. The van der Waals surface area contributed by atoms with Crippen LogP contribution >= 0.6 is 0 Å². The van der Waals surface area contributed by atoms with E-state index < -0.39 is 35.4 Å². The molecule has 1 N–H and O–H groups in total. The highest BCUT2D eigenvalue weighted by atomic mass is 16.5. The molecule has 1 aromatic rings. The van der Waals surface area contributed by atoms with Crippen molar-refractivity contribution in [3.05, 3.63) is 42.0 Å². The van der Waals surface area contributed by atoms with Gasteiger partial charge in [-0.3, -0.25) is 9.59 Å². The normalized spacial score (nSPS) is 33.2. The molecule has 7 nitrogen and oxygen atoms in total. The van der Waals surface area contributed by atoms with Gasteiger partial charge < -0.3 is 14.6 Å². The average molecular weight is 329 g/mol. The third-order valence-corrected chi connectivity index (χ3v) is 4.93. The first-order valence-corrected chi connectivity index (χ1v) is 7.56. The number of nitrogens with zero attached hydrogens (tertiary/aromatic N) is 1. The maximum atomic E-state index is 12.9. The van der Waals surface area contributed by atoms with Crippen molar-refractivity contribution in [2.24, 2.45) is 11.8 Å². The standard InChI is InChI=1S/C17H15NO6/c1-23-16(22)9-3-2-4-10(7-9)18-14(20)12-11-5-6-17(8-19,24-11)13(12)15(18)21/h2-7,11-13,19H,8H2,1H3/t11-,12+,13+,17+/m1/s1. The van der Waals surface area contributed by atoms with Crippen LogP contribution in [0.25, 0.3) is 0 Å². The zero-order chi connectivity index (χ0) is 17.1. The second-order valence-electron chi connectivity index (χ2n) is 6.11. The summed E-state index contributed by atoms with van der Waals surface area (Å²) in [6.07, 6.45) is 2.88. The Balaban J connectivity index is 1.73. The molecule has 24 heavy (non-hydrogen) atoms. The number of esters is 1. The number of methoxy groups -OCH3 is 1. The van der Waals surface area contributed by atoms with Gasteiger partial charge >= 0.3 is 5.97 Å². The third kappa shape index (κ3) is 1.76. The van der Waals surface area contributed by atoms with E-state index in [0.717, 1.165) is 4.90 Å². The van der Waals surface area contributed by atoms with Gasteiger partial charge in [0.2, 0.25) is 11.8 Å². The van der Waals surface area contributed by atoms with Crippen LogP contribution in [0.5, 0.6) is 0 Å². The molecule has 2 bridgehead atoms. The van der Waals surface area contributed by atoms with Gasteiger partial charge in [0.15, 0.2) is 0 Å². The summed E-state index contributed by atoms with van der Waals surface area (Å²) in [6, 6.07) is 6.17. The Morgan fingerprint density at radius 1 is 1.38 bits per heavy atom. The number of carbonyl (C=O) groups is 3. The topological polar surface area (TPSA) is 93.1 Å². The van der Waals surface area contributed by atoms with Gasteiger partial charge in [0.05, 0.1) is 42.9 Å². The first-order valence-electron chi connectivity index (χ1n) is 7.56. The maximum absolute atomic E-state index is 12.9. The largest absolute Gasteiger partial charge is 0.465 e. The molecule has 0 radical (unpaired) electrons. The molecule has 7 heteroatoms. The van der Waals surface area contributed by atoms with Crippen molar-refractivity contribution in [1.29, 1.82) is 0 Å². The number of amides is 2. The van der Waals surface area contributed by atoms with E-state index in [9.17, 15) is 19.5 Å². The van der Waals surface area contributed by atoms with Crippen LogP contribution in [0.4, 0.5) is 5.69 Å². The summed E-state index contributed by atoms with van der Waals surface area (Å²) in [6.45, 7) is -0.365. The summed E-state index contributed by atoms with van der Waals surface area (Å²) in [7, 11) is 1.26. The number of fused-ring (bicyclic) bond motifs is 5.